The Labute approximate surface area is 131 Å². The highest BCUT2D eigenvalue weighted by atomic mass is 32.2. The third-order valence-corrected chi connectivity index (χ3v) is 5.22. The van der Waals surface area contributed by atoms with Crippen molar-refractivity contribution in [3.8, 4) is 0 Å². The summed E-state index contributed by atoms with van der Waals surface area (Å²) in [5, 5.41) is 0. The normalized spacial score (nSPS) is 16.5. The van der Waals surface area contributed by atoms with Crippen LogP contribution in [0.15, 0.2) is 47.4 Å². The van der Waals surface area contributed by atoms with E-state index in [-0.39, 0.29) is 0 Å². The summed E-state index contributed by atoms with van der Waals surface area (Å²) in [7, 11) is 0. The summed E-state index contributed by atoms with van der Waals surface area (Å²) in [5.41, 5.74) is 11.2. The van der Waals surface area contributed by atoms with E-state index in [2.05, 4.69) is 54.5 Å². The minimum Gasteiger partial charge on any atom is -0.398 e. The van der Waals surface area contributed by atoms with Gasteiger partial charge in [-0.2, -0.15) is 0 Å². The Kier molecular flexibility index (Phi) is 4.22. The van der Waals surface area contributed by atoms with Gasteiger partial charge in [0, 0.05) is 29.7 Å². The Morgan fingerprint density at radius 1 is 1.14 bits per heavy atom. The average Bonchev–Trinajstić information content (AvgIpc) is 2.54. The molecular formula is C18H22N2S. The largest absolute Gasteiger partial charge is 0.398 e. The van der Waals surface area contributed by atoms with E-state index < -0.39 is 0 Å². The fraction of sp³-hybridized carbons (Fsp3) is 0.333. The zero-order valence-electron chi connectivity index (χ0n) is 12.7. The maximum atomic E-state index is 6.09. The number of fused-ring (bicyclic) bond motifs is 1. The second-order valence-corrected chi connectivity index (χ2v) is 6.53. The van der Waals surface area contributed by atoms with Crippen LogP contribution in [0.5, 0.6) is 0 Å². The molecule has 21 heavy (non-hydrogen) atoms. The molecule has 3 heteroatoms. The smallest absolute Gasteiger partial charge is 0.0350 e. The summed E-state index contributed by atoms with van der Waals surface area (Å²) in [6.45, 7) is 4.36. The molecule has 1 aliphatic heterocycles. The van der Waals surface area contributed by atoms with Crippen molar-refractivity contribution in [2.24, 2.45) is 0 Å². The number of nitrogen functional groups attached to an aromatic ring is 1. The molecule has 110 valence electrons. The molecule has 2 aromatic carbocycles. The van der Waals surface area contributed by atoms with E-state index in [4.69, 9.17) is 5.73 Å². The van der Waals surface area contributed by atoms with E-state index in [0.29, 0.717) is 6.04 Å². The third kappa shape index (κ3) is 2.94. The summed E-state index contributed by atoms with van der Waals surface area (Å²) in [4.78, 5) is 3.86. The Morgan fingerprint density at radius 2 is 1.90 bits per heavy atom. The average molecular weight is 298 g/mol. The summed E-state index contributed by atoms with van der Waals surface area (Å²) in [5.74, 6) is 0. The van der Waals surface area contributed by atoms with Gasteiger partial charge in [0.05, 0.1) is 0 Å². The van der Waals surface area contributed by atoms with Crippen LogP contribution in [0.4, 0.5) is 5.69 Å². The number of anilines is 1. The standard InChI is InChI=1S/C18H22N2S/c1-13(14-6-8-16(21-2)9-7-14)20-11-10-17-15(12-20)4-3-5-18(17)19/h3-9,13H,10-12,19H2,1-2H3. The van der Waals surface area contributed by atoms with Gasteiger partial charge < -0.3 is 5.73 Å². The molecule has 1 heterocycles. The van der Waals surface area contributed by atoms with Gasteiger partial charge in [-0.15, -0.1) is 11.8 Å². The molecule has 1 aliphatic rings. The van der Waals surface area contributed by atoms with Gasteiger partial charge in [0.15, 0.2) is 0 Å². The molecule has 0 amide bonds. The zero-order valence-corrected chi connectivity index (χ0v) is 13.5. The van der Waals surface area contributed by atoms with Crippen molar-refractivity contribution in [3.05, 3.63) is 59.2 Å². The molecule has 0 saturated carbocycles. The quantitative estimate of drug-likeness (QED) is 0.683. The molecule has 0 aliphatic carbocycles. The van der Waals surface area contributed by atoms with Crippen LogP contribution in [0.2, 0.25) is 0 Å². The van der Waals surface area contributed by atoms with E-state index in [1.165, 1.54) is 21.6 Å². The van der Waals surface area contributed by atoms with E-state index in [9.17, 15) is 0 Å². The number of benzene rings is 2. The first-order chi connectivity index (χ1) is 10.2. The van der Waals surface area contributed by atoms with Crippen molar-refractivity contribution < 1.29 is 0 Å². The van der Waals surface area contributed by atoms with Crippen LogP contribution in [0.3, 0.4) is 0 Å². The van der Waals surface area contributed by atoms with Gasteiger partial charge in [-0.05, 0) is 54.5 Å². The van der Waals surface area contributed by atoms with Gasteiger partial charge in [0.1, 0.15) is 0 Å². The van der Waals surface area contributed by atoms with Crippen LogP contribution in [-0.4, -0.2) is 17.7 Å². The van der Waals surface area contributed by atoms with Gasteiger partial charge in [-0.3, -0.25) is 4.90 Å². The summed E-state index contributed by atoms with van der Waals surface area (Å²) in [6, 6.07) is 15.7. The van der Waals surface area contributed by atoms with Crippen LogP contribution in [0, 0.1) is 0 Å². The molecule has 2 N–H and O–H groups in total. The molecule has 2 aromatic rings. The molecule has 2 nitrogen and oxygen atoms in total. The molecule has 0 radical (unpaired) electrons. The van der Waals surface area contributed by atoms with Gasteiger partial charge in [-0.25, -0.2) is 0 Å². The van der Waals surface area contributed by atoms with Crippen LogP contribution in [0.1, 0.15) is 29.7 Å². The maximum Gasteiger partial charge on any atom is 0.0350 e. The molecule has 0 bridgehead atoms. The lowest BCUT2D eigenvalue weighted by molar-refractivity contribution is 0.192. The SMILES string of the molecule is CSc1ccc(C(C)N2CCc3c(N)cccc3C2)cc1. The molecule has 3 rings (SSSR count). The number of thioether (sulfide) groups is 1. The molecule has 0 aromatic heterocycles. The number of nitrogens with two attached hydrogens (primary N) is 1. The Morgan fingerprint density at radius 3 is 2.62 bits per heavy atom. The molecule has 1 atom stereocenters. The van der Waals surface area contributed by atoms with E-state index in [1.54, 1.807) is 11.8 Å². The fourth-order valence-corrected chi connectivity index (χ4v) is 3.49. The Balaban J connectivity index is 1.78. The number of hydrogen-bond acceptors (Lipinski definition) is 3. The number of hydrogen-bond donors (Lipinski definition) is 1. The molecule has 0 spiro atoms. The van der Waals surface area contributed by atoms with Crippen LogP contribution in [-0.2, 0) is 13.0 Å². The molecule has 1 unspecified atom stereocenters. The van der Waals surface area contributed by atoms with Crippen molar-refractivity contribution in [2.45, 2.75) is 30.8 Å². The fourth-order valence-electron chi connectivity index (χ4n) is 3.08. The van der Waals surface area contributed by atoms with Crippen LogP contribution in [0.25, 0.3) is 0 Å². The molecule has 0 saturated heterocycles. The van der Waals surface area contributed by atoms with Crippen LogP contribution >= 0.6 is 11.8 Å². The second-order valence-electron chi connectivity index (χ2n) is 5.65. The van der Waals surface area contributed by atoms with Gasteiger partial charge in [-0.1, -0.05) is 24.3 Å². The lowest BCUT2D eigenvalue weighted by atomic mass is 9.95. The van der Waals surface area contributed by atoms with Crippen LogP contribution < -0.4 is 5.73 Å². The Hall–Kier alpha value is -1.45. The molecular weight excluding hydrogens is 276 g/mol. The lowest BCUT2D eigenvalue weighted by Crippen LogP contribution is -2.33. The highest BCUT2D eigenvalue weighted by Gasteiger charge is 2.22. The first-order valence-electron chi connectivity index (χ1n) is 7.43. The van der Waals surface area contributed by atoms with E-state index in [0.717, 1.165) is 25.2 Å². The number of nitrogens with zero attached hydrogens (tertiary/aromatic N) is 1. The van der Waals surface area contributed by atoms with Gasteiger partial charge >= 0.3 is 0 Å². The first kappa shape index (κ1) is 14.5. The van der Waals surface area contributed by atoms with E-state index in [1.807, 2.05) is 6.07 Å². The highest BCUT2D eigenvalue weighted by molar-refractivity contribution is 7.98. The van der Waals surface area contributed by atoms with Crippen molar-refractivity contribution in [1.29, 1.82) is 0 Å². The first-order valence-corrected chi connectivity index (χ1v) is 8.65. The summed E-state index contributed by atoms with van der Waals surface area (Å²) >= 11 is 1.79. The third-order valence-electron chi connectivity index (χ3n) is 4.48. The van der Waals surface area contributed by atoms with Gasteiger partial charge in [0.2, 0.25) is 0 Å². The highest BCUT2D eigenvalue weighted by Crippen LogP contribution is 2.30. The molecule has 0 fully saturated rings. The lowest BCUT2D eigenvalue weighted by Gasteiger charge is -2.34. The predicted octanol–water partition coefficient (Wildman–Crippen LogP) is 4.11. The topological polar surface area (TPSA) is 29.3 Å². The van der Waals surface area contributed by atoms with E-state index >= 15 is 0 Å². The van der Waals surface area contributed by atoms with Crippen molar-refractivity contribution in [1.82, 2.24) is 4.90 Å². The number of rotatable bonds is 3. The Bertz CT molecular complexity index is 622. The second kappa shape index (κ2) is 6.12. The zero-order chi connectivity index (χ0) is 14.8. The predicted molar refractivity (Wildman–Crippen MR) is 91.6 cm³/mol. The van der Waals surface area contributed by atoms with Crippen molar-refractivity contribution >= 4 is 17.4 Å². The minimum absolute atomic E-state index is 0.440. The van der Waals surface area contributed by atoms with Gasteiger partial charge in [0.25, 0.3) is 0 Å². The summed E-state index contributed by atoms with van der Waals surface area (Å²) < 4.78 is 0. The maximum absolute atomic E-state index is 6.09. The van der Waals surface area contributed by atoms with Crippen molar-refractivity contribution in [3.63, 3.8) is 0 Å². The van der Waals surface area contributed by atoms with Crippen molar-refractivity contribution in [2.75, 3.05) is 18.5 Å². The monoisotopic (exact) mass is 298 g/mol. The minimum atomic E-state index is 0.440. The summed E-state index contributed by atoms with van der Waals surface area (Å²) in [6.07, 6.45) is 3.17.